The number of hydrogen-bond donors (Lipinski definition) is 0. The molecule has 1 radical (unpaired) electrons. The first-order valence-electron chi connectivity index (χ1n) is 15.8. The molecule has 4 aromatic carbocycles. The Morgan fingerprint density at radius 1 is 0.578 bits per heavy atom. The van der Waals surface area contributed by atoms with Crippen molar-refractivity contribution in [2.24, 2.45) is 20.5 Å². The minimum Gasteiger partial charge on any atom is -0.871 e. The van der Waals surface area contributed by atoms with E-state index in [0.717, 1.165) is 82.2 Å². The summed E-state index contributed by atoms with van der Waals surface area (Å²) in [5.74, 6) is -1.31. The molecule has 0 aliphatic rings. The summed E-state index contributed by atoms with van der Waals surface area (Å²) in [7, 11) is -9.62. The number of aryl methyl sites for hydroxylation is 2. The molecule has 0 saturated heterocycles. The molecule has 0 atom stereocenters. The molecule has 0 unspecified atom stereocenters. The van der Waals surface area contributed by atoms with E-state index in [2.05, 4.69) is 30.7 Å². The van der Waals surface area contributed by atoms with Gasteiger partial charge in [0, 0.05) is 24.3 Å². The second-order valence-electron chi connectivity index (χ2n) is 11.7. The van der Waals surface area contributed by atoms with E-state index >= 15 is 0 Å². The molecule has 64 heavy (non-hydrogen) atoms. The summed E-state index contributed by atoms with van der Waals surface area (Å²) in [6, 6.07) is 11.6. The Kier molecular flexibility index (Phi) is 21.7. The van der Waals surface area contributed by atoms with E-state index in [9.17, 15) is 66.0 Å². The maximum atomic E-state index is 12.7. The maximum absolute atomic E-state index is 12.7. The van der Waals surface area contributed by atoms with Gasteiger partial charge in [-0.3, -0.25) is 29.8 Å². The Morgan fingerprint density at radius 3 is 1.20 bits per heavy atom. The van der Waals surface area contributed by atoms with Gasteiger partial charge in [-0.25, -0.2) is 16.8 Å². The van der Waals surface area contributed by atoms with E-state index in [1.54, 1.807) is 0 Å². The average Bonchev–Trinajstić information content (AvgIpc) is 3.61. The number of hydrogen-bond acceptors (Lipinski definition) is 18. The van der Waals surface area contributed by atoms with E-state index in [0.29, 0.717) is 0 Å². The van der Waals surface area contributed by atoms with Crippen LogP contribution < -0.4 is 120 Å². The molecular weight excluding hydrogens is 1010 g/mol. The summed E-state index contributed by atoms with van der Waals surface area (Å²) in [4.78, 5) is 44.3. The van der Waals surface area contributed by atoms with Gasteiger partial charge >= 0.3 is 106 Å². The van der Waals surface area contributed by atoms with E-state index in [4.69, 9.17) is 23.2 Å². The van der Waals surface area contributed by atoms with Gasteiger partial charge in [-0.1, -0.05) is 60.7 Å². The molecule has 0 bridgehead atoms. The topological polar surface area (TPSA) is 368 Å². The Labute approximate surface area is 445 Å². The molecule has 0 aliphatic carbocycles. The molecule has 0 aliphatic heterocycles. The molecule has 32 heteroatoms. The van der Waals surface area contributed by atoms with Gasteiger partial charge in [0.1, 0.15) is 31.6 Å². The van der Waals surface area contributed by atoms with Crippen LogP contribution in [0.3, 0.4) is 0 Å². The SMILES string of the molecule is Cc1[n-]n(-c2cc(S(=O)(=O)[O-])ccc2Cl)c(=O)c1N=Nc1cc([N+](=O)[O-])ccc1[O-].Cc1[n-]n(-c2cc(S(=O)(=O)[O-])ccc2Cl)c(=O)c1N=Nc1cc([N+](=O)[O-])ccc1[O-].[Fe+3].[Na+].[Na+].[Na+]. The van der Waals surface area contributed by atoms with Crippen LogP contribution in [0.25, 0.3) is 11.4 Å². The summed E-state index contributed by atoms with van der Waals surface area (Å²) in [6.45, 7) is 2.78. The van der Waals surface area contributed by atoms with Crippen molar-refractivity contribution in [3.05, 3.63) is 135 Å². The third-order valence-electron chi connectivity index (χ3n) is 7.67. The molecule has 2 heterocycles. The van der Waals surface area contributed by atoms with Gasteiger partial charge in [-0.05, 0) is 36.4 Å². The van der Waals surface area contributed by atoms with Crippen LogP contribution in [0.15, 0.2) is 113 Å². The average molecular weight is 1030 g/mol. The van der Waals surface area contributed by atoms with Crippen molar-refractivity contribution in [3.8, 4) is 22.9 Å². The molecule has 317 valence electrons. The molecule has 24 nitrogen and oxygen atoms in total. The molecule has 2 aromatic heterocycles. The van der Waals surface area contributed by atoms with Crippen LogP contribution in [0.1, 0.15) is 11.4 Å². The zero-order valence-electron chi connectivity index (χ0n) is 33.0. The minimum absolute atomic E-state index is 0. The van der Waals surface area contributed by atoms with Gasteiger partial charge in [0.2, 0.25) is 0 Å². The standard InChI is InChI=1S/2C16H12ClN5O7S.Fe.3Na/c2*1-8-15(19-18-12-6-9(22(25)26)2-5-14(12)23)16(24)21(20-8)13-7-10(30(27,28)29)3-4-11(13)17;;;;/h2*2-7H,1H3,(H3,18,19,20,23,24,27,28,29);;;;/q;;+3;3*+1/p-6. The predicted octanol–water partition coefficient (Wildman–Crippen LogP) is -4.87. The predicted molar refractivity (Wildman–Crippen MR) is 200 cm³/mol. The summed E-state index contributed by atoms with van der Waals surface area (Å²) < 4.78 is 68.9. The monoisotopic (exact) mass is 1020 g/mol. The minimum atomic E-state index is -4.81. The number of azo groups is 2. The van der Waals surface area contributed by atoms with Crippen molar-refractivity contribution in [2.45, 2.75) is 23.6 Å². The normalized spacial score (nSPS) is 11.1. The second kappa shape index (κ2) is 23.7. The van der Waals surface area contributed by atoms with Crippen LogP contribution in [0.4, 0.5) is 34.1 Å². The first kappa shape index (κ1) is 58.4. The number of non-ortho nitro benzene ring substituents is 2. The Hall–Kier alpha value is -3.58. The first-order valence-corrected chi connectivity index (χ1v) is 19.3. The second-order valence-corrected chi connectivity index (χ2v) is 15.2. The number of nitro benzene ring substituents is 2. The summed E-state index contributed by atoms with van der Waals surface area (Å²) in [6.07, 6.45) is 0. The van der Waals surface area contributed by atoms with Gasteiger partial charge in [0.15, 0.2) is 0 Å². The van der Waals surface area contributed by atoms with Crippen LogP contribution >= 0.6 is 23.2 Å². The fourth-order valence-corrected chi connectivity index (χ4v) is 6.15. The summed E-state index contributed by atoms with van der Waals surface area (Å²) in [5, 5.41) is 67.5. The van der Waals surface area contributed by atoms with Gasteiger partial charge in [0.05, 0.1) is 52.4 Å². The number of benzene rings is 4. The van der Waals surface area contributed by atoms with Crippen molar-refractivity contribution in [3.63, 3.8) is 0 Å². The van der Waals surface area contributed by atoms with Crippen LogP contribution in [0.2, 0.25) is 10.0 Å². The molecule has 6 rings (SSSR count). The van der Waals surface area contributed by atoms with Crippen LogP contribution in [0, 0.1) is 34.1 Å². The van der Waals surface area contributed by atoms with Crippen molar-refractivity contribution in [2.75, 3.05) is 0 Å². The number of nitro groups is 2. The smallest absolute Gasteiger partial charge is 0.871 e. The Bertz CT molecular complexity index is 2960. The third-order valence-corrected chi connectivity index (χ3v) is 9.97. The molecule has 0 saturated carbocycles. The fourth-order valence-electron chi connectivity index (χ4n) is 4.78. The molecule has 0 amide bonds. The maximum Gasteiger partial charge on any atom is 3.00 e. The van der Waals surface area contributed by atoms with E-state index in [1.807, 2.05) is 0 Å². The van der Waals surface area contributed by atoms with Crippen molar-refractivity contribution < 1.29 is 152 Å². The Balaban J connectivity index is 0.000000602. The number of rotatable bonds is 10. The molecule has 0 fully saturated rings. The zero-order chi connectivity index (χ0) is 44.4. The molecular formula is C32H18Cl2FeN10Na3O14S2. The number of halogens is 2. The van der Waals surface area contributed by atoms with Crippen molar-refractivity contribution in [1.29, 1.82) is 0 Å². The summed E-state index contributed by atoms with van der Waals surface area (Å²) >= 11 is 12.0. The van der Waals surface area contributed by atoms with E-state index < -0.39 is 62.5 Å². The third kappa shape index (κ3) is 13.7. The number of aromatic nitrogens is 4. The Morgan fingerprint density at radius 2 is 0.906 bits per heavy atom. The molecule has 0 spiro atoms. The van der Waals surface area contributed by atoms with E-state index in [1.165, 1.54) is 13.8 Å². The van der Waals surface area contributed by atoms with Crippen LogP contribution in [-0.2, 0) is 37.3 Å². The fraction of sp³-hybridized carbons (Fsp3) is 0.0625. The number of nitrogens with zero attached hydrogens (tertiary/aromatic N) is 10. The molecule has 6 aromatic rings. The van der Waals surface area contributed by atoms with E-state index in [-0.39, 0.29) is 173 Å². The van der Waals surface area contributed by atoms with Crippen molar-refractivity contribution in [1.82, 2.24) is 19.6 Å². The van der Waals surface area contributed by atoms with Crippen LogP contribution in [-0.4, -0.2) is 45.2 Å². The molecule has 0 N–H and O–H groups in total. The van der Waals surface area contributed by atoms with Crippen LogP contribution in [0.5, 0.6) is 11.5 Å². The first-order chi connectivity index (χ1) is 28.0. The zero-order valence-corrected chi connectivity index (χ0v) is 43.3. The van der Waals surface area contributed by atoms with Gasteiger partial charge in [0.25, 0.3) is 22.5 Å². The van der Waals surface area contributed by atoms with Gasteiger partial charge in [-0.15, -0.1) is 21.6 Å². The van der Waals surface area contributed by atoms with Gasteiger partial charge in [-0.2, -0.15) is 10.2 Å². The quantitative estimate of drug-likeness (QED) is 0.0408. The summed E-state index contributed by atoms with van der Waals surface area (Å²) in [5.41, 5.74) is -4.12. The van der Waals surface area contributed by atoms with Crippen molar-refractivity contribution >= 4 is 77.6 Å². The largest absolute Gasteiger partial charge is 3.00 e. The van der Waals surface area contributed by atoms with Gasteiger partial charge < -0.3 is 38.9 Å².